The van der Waals surface area contributed by atoms with Gasteiger partial charge in [0.15, 0.2) is 0 Å². The number of rotatable bonds is 5. The monoisotopic (exact) mass is 414 g/mol. The van der Waals surface area contributed by atoms with E-state index in [1.807, 2.05) is 46.8 Å². The van der Waals surface area contributed by atoms with Crippen LogP contribution in [0.2, 0.25) is 0 Å². The molecule has 0 saturated heterocycles. The first kappa shape index (κ1) is 19.4. The summed E-state index contributed by atoms with van der Waals surface area (Å²) in [6.45, 7) is 9.97. The second-order valence-electron chi connectivity index (χ2n) is 7.32. The summed E-state index contributed by atoms with van der Waals surface area (Å²) in [6, 6.07) is 3.86. The number of hydrogen-bond acceptors (Lipinski definition) is 4. The highest BCUT2D eigenvalue weighted by Gasteiger charge is 2.38. The summed E-state index contributed by atoms with van der Waals surface area (Å²) in [5.41, 5.74) is 10.0. The molecular weight excluding hydrogens is 392 g/mol. The van der Waals surface area contributed by atoms with Crippen LogP contribution >= 0.6 is 15.9 Å². The van der Waals surface area contributed by atoms with Crippen LogP contribution in [-0.4, -0.2) is 21.4 Å². The fourth-order valence-electron chi connectivity index (χ4n) is 2.61. The quantitative estimate of drug-likeness (QED) is 0.331. The van der Waals surface area contributed by atoms with E-state index in [0.29, 0.717) is 6.42 Å². The molecule has 3 atom stereocenters. The van der Waals surface area contributed by atoms with Crippen LogP contribution in [0.25, 0.3) is 10.4 Å². The smallest absolute Gasteiger partial charge is 0.136 e. The second kappa shape index (κ2) is 7.14. The zero-order chi connectivity index (χ0) is 18.1. The van der Waals surface area contributed by atoms with E-state index in [9.17, 15) is 4.55 Å². The predicted molar refractivity (Wildman–Crippen MR) is 100 cm³/mol. The van der Waals surface area contributed by atoms with Crippen LogP contribution in [0.5, 0.6) is 5.75 Å². The van der Waals surface area contributed by atoms with Crippen LogP contribution in [0, 0.1) is 0 Å². The van der Waals surface area contributed by atoms with E-state index in [-0.39, 0.29) is 17.3 Å². The van der Waals surface area contributed by atoms with Crippen molar-refractivity contribution >= 4 is 27.3 Å². The van der Waals surface area contributed by atoms with Gasteiger partial charge in [-0.25, -0.2) is 0 Å². The number of ether oxygens (including phenoxy) is 1. The highest BCUT2D eigenvalue weighted by molar-refractivity contribution is 9.10. The van der Waals surface area contributed by atoms with Crippen LogP contribution in [0.4, 0.5) is 0 Å². The molecule has 0 bridgehead atoms. The molecule has 0 radical (unpaired) electrons. The number of fused-ring (bicyclic) bond motifs is 1. The number of azide groups is 1. The molecule has 1 heterocycles. The molecule has 0 fully saturated rings. The lowest BCUT2D eigenvalue weighted by molar-refractivity contribution is 0.124. The number of hydrogen-bond donors (Lipinski definition) is 1. The van der Waals surface area contributed by atoms with Gasteiger partial charge in [0.25, 0.3) is 0 Å². The molecule has 0 amide bonds. The maximum absolute atomic E-state index is 12.4. The molecule has 0 aromatic heterocycles. The summed E-state index contributed by atoms with van der Waals surface area (Å²) in [7, 11) is 0. The summed E-state index contributed by atoms with van der Waals surface area (Å²) in [5.74, 6) is 0.791. The Hall–Kier alpha value is -0.920. The van der Waals surface area contributed by atoms with Gasteiger partial charge in [0.2, 0.25) is 0 Å². The van der Waals surface area contributed by atoms with Gasteiger partial charge in [-0.1, -0.05) is 21.0 Å². The van der Waals surface area contributed by atoms with Crippen molar-refractivity contribution < 1.29 is 9.29 Å². The Bertz CT molecular complexity index is 673. The summed E-state index contributed by atoms with van der Waals surface area (Å²) < 4.78 is 22.3. The Kier molecular flexibility index (Phi) is 5.77. The summed E-state index contributed by atoms with van der Waals surface area (Å²) in [6.07, 6.45) is 0.670. The second-order valence-corrected chi connectivity index (χ2v) is 10.2. The predicted octanol–water partition coefficient (Wildman–Crippen LogP) is 4.57. The molecular formula is C16H23BrN4O2S. The molecule has 24 heavy (non-hydrogen) atoms. The Morgan fingerprint density at radius 1 is 1.54 bits per heavy atom. The zero-order valence-electron chi connectivity index (χ0n) is 14.6. The third kappa shape index (κ3) is 4.37. The average molecular weight is 415 g/mol. The Morgan fingerprint density at radius 3 is 2.79 bits per heavy atom. The largest absolute Gasteiger partial charge is 0.598 e. The Morgan fingerprint density at radius 2 is 2.21 bits per heavy atom. The minimum atomic E-state index is -1.18. The molecule has 1 aliphatic rings. The number of nitrogens with zero attached hydrogens (tertiary/aromatic N) is 3. The van der Waals surface area contributed by atoms with Gasteiger partial charge in [0.05, 0.1) is 12.6 Å². The fraction of sp³-hybridized carbons (Fsp3) is 0.625. The van der Waals surface area contributed by atoms with Crippen molar-refractivity contribution in [1.82, 2.24) is 4.72 Å². The molecule has 0 spiro atoms. The van der Waals surface area contributed by atoms with Crippen molar-refractivity contribution in [3.05, 3.63) is 38.2 Å². The van der Waals surface area contributed by atoms with Gasteiger partial charge in [0.1, 0.15) is 16.1 Å². The van der Waals surface area contributed by atoms with Crippen molar-refractivity contribution in [3.63, 3.8) is 0 Å². The standard InChI is InChI=1S/C16H23BrN4O2S/c1-10(20-24(22)15(2,3)4)13-7-12(17)6-11-8-16(5,9-19-21-18)23-14(11)13/h6-7,10,20H,8-9H2,1-5H3. The van der Waals surface area contributed by atoms with Crippen LogP contribution in [0.3, 0.4) is 0 Å². The first-order valence-electron chi connectivity index (χ1n) is 7.76. The van der Waals surface area contributed by atoms with E-state index in [0.717, 1.165) is 21.3 Å². The van der Waals surface area contributed by atoms with Gasteiger partial charge < -0.3 is 9.29 Å². The third-order valence-electron chi connectivity index (χ3n) is 3.85. The topological polar surface area (TPSA) is 93.1 Å². The van der Waals surface area contributed by atoms with Crippen LogP contribution < -0.4 is 9.46 Å². The molecule has 1 aromatic carbocycles. The van der Waals surface area contributed by atoms with Gasteiger partial charge in [-0.05, 0) is 57.8 Å². The minimum absolute atomic E-state index is 0.141. The highest BCUT2D eigenvalue weighted by Crippen LogP contribution is 2.42. The van der Waals surface area contributed by atoms with Gasteiger partial charge in [0, 0.05) is 32.7 Å². The van der Waals surface area contributed by atoms with Crippen LogP contribution in [0.15, 0.2) is 21.7 Å². The van der Waals surface area contributed by atoms with Crippen molar-refractivity contribution in [2.45, 2.75) is 57.4 Å². The molecule has 1 aromatic rings. The summed E-state index contributed by atoms with van der Waals surface area (Å²) in [4.78, 5) is 2.83. The zero-order valence-corrected chi connectivity index (χ0v) is 17.0. The molecule has 0 aliphatic carbocycles. The lowest BCUT2D eigenvalue weighted by Gasteiger charge is -2.28. The lowest BCUT2D eigenvalue weighted by Crippen LogP contribution is -2.40. The Balaban J connectivity index is 2.30. The lowest BCUT2D eigenvalue weighted by atomic mass is 9.97. The number of halogens is 1. The van der Waals surface area contributed by atoms with Gasteiger partial charge in [-0.15, -0.1) is 4.72 Å². The SMILES string of the molecule is CC(N[S+]([O-])C(C)(C)C)c1cc(Br)cc2c1OC(C)(CN=[N+]=[N-])C2. The van der Waals surface area contributed by atoms with Gasteiger partial charge in [-0.2, -0.15) is 0 Å². The average Bonchev–Trinajstić information content (AvgIpc) is 2.79. The molecule has 2 rings (SSSR count). The van der Waals surface area contributed by atoms with E-state index >= 15 is 0 Å². The Labute approximate surface area is 154 Å². The van der Waals surface area contributed by atoms with Crippen LogP contribution in [0.1, 0.15) is 51.8 Å². The molecule has 132 valence electrons. The van der Waals surface area contributed by atoms with Crippen LogP contribution in [-0.2, 0) is 17.8 Å². The first-order chi connectivity index (χ1) is 11.1. The van der Waals surface area contributed by atoms with E-state index in [2.05, 4.69) is 30.7 Å². The molecule has 1 N–H and O–H groups in total. The van der Waals surface area contributed by atoms with Crippen molar-refractivity contribution in [2.24, 2.45) is 5.11 Å². The van der Waals surface area contributed by atoms with Gasteiger partial charge >= 0.3 is 0 Å². The molecule has 1 aliphatic heterocycles. The number of benzene rings is 1. The van der Waals surface area contributed by atoms with Gasteiger partial charge in [-0.3, -0.25) is 0 Å². The molecule has 8 heteroatoms. The normalized spacial score (nSPS) is 22.3. The van der Waals surface area contributed by atoms with E-state index in [4.69, 9.17) is 10.3 Å². The minimum Gasteiger partial charge on any atom is -0.598 e. The molecule has 0 saturated carbocycles. The maximum Gasteiger partial charge on any atom is 0.136 e. The van der Waals surface area contributed by atoms with Crippen molar-refractivity contribution in [2.75, 3.05) is 6.54 Å². The molecule has 3 unspecified atom stereocenters. The van der Waals surface area contributed by atoms with E-state index in [1.54, 1.807) is 0 Å². The highest BCUT2D eigenvalue weighted by atomic mass is 79.9. The van der Waals surface area contributed by atoms with Crippen molar-refractivity contribution in [1.29, 1.82) is 0 Å². The fourth-order valence-corrected chi connectivity index (χ4v) is 3.93. The number of nitrogens with one attached hydrogen (secondary N) is 1. The summed E-state index contributed by atoms with van der Waals surface area (Å²) in [5, 5.41) is 3.67. The maximum atomic E-state index is 12.4. The van der Waals surface area contributed by atoms with E-state index in [1.165, 1.54) is 0 Å². The van der Waals surface area contributed by atoms with E-state index < -0.39 is 17.0 Å². The van der Waals surface area contributed by atoms with Crippen molar-refractivity contribution in [3.8, 4) is 5.75 Å². The first-order valence-corrected chi connectivity index (χ1v) is 9.70. The molecule has 6 nitrogen and oxygen atoms in total. The third-order valence-corrected chi connectivity index (χ3v) is 5.98. The summed E-state index contributed by atoms with van der Waals surface area (Å²) >= 11 is 2.36.